The van der Waals surface area contributed by atoms with Crippen LogP contribution in [-0.4, -0.2) is 202 Å². The Morgan fingerprint density at radius 2 is 0.769 bits per heavy atom. The number of hydrogen-bond acceptors (Lipinski definition) is 32. The number of rotatable bonds is 12. The van der Waals surface area contributed by atoms with Crippen LogP contribution in [0.5, 0.6) is 0 Å². The fraction of sp³-hybridized carbons (Fsp3) is 0.419. The van der Waals surface area contributed by atoms with Gasteiger partial charge in [-0.2, -0.15) is 43.4 Å². The number of nitrogens with two attached hydrogens (primary N) is 6. The third-order valence-corrected chi connectivity index (χ3v) is 16.8. The normalized spacial score (nSPS) is 32.2. The molecule has 0 aliphatic carbocycles. The Balaban J connectivity index is 0.000000204. The van der Waals surface area contributed by atoms with Crippen molar-refractivity contribution in [2.75, 3.05) is 61.7 Å². The molecule has 22 N–H and O–H groups in total. The number of nitrogens with zero attached hydrogens (tertiary/aromatic N) is 11. The van der Waals surface area contributed by atoms with E-state index in [0.717, 1.165) is 30.5 Å². The van der Waals surface area contributed by atoms with Gasteiger partial charge in [-0.25, -0.2) is 24.0 Å². The Labute approximate surface area is 588 Å². The van der Waals surface area contributed by atoms with Crippen LogP contribution in [0.4, 0.5) is 42.3 Å². The highest BCUT2D eigenvalue weighted by Crippen LogP contribution is 2.49. The lowest BCUT2D eigenvalue weighted by Gasteiger charge is -2.25. The number of anilines is 5. The van der Waals surface area contributed by atoms with Gasteiger partial charge >= 0.3 is 34.6 Å². The van der Waals surface area contributed by atoms with Crippen molar-refractivity contribution in [2.24, 2.45) is 35.3 Å². The zero-order chi connectivity index (χ0) is 77.9. The van der Waals surface area contributed by atoms with Crippen LogP contribution in [0.2, 0.25) is 0 Å². The summed E-state index contributed by atoms with van der Waals surface area (Å²) in [5.74, 6) is 5.22. The van der Waals surface area contributed by atoms with Crippen molar-refractivity contribution in [1.82, 2.24) is 47.8 Å². The zero-order valence-electron chi connectivity index (χ0n) is 53.4. The highest BCUT2D eigenvalue weighted by atomic mass is 35.5. The van der Waals surface area contributed by atoms with Crippen LogP contribution < -0.4 is 62.9 Å². The number of primary amides is 1. The minimum atomic E-state index is -4.93. The number of amides is 1. The lowest BCUT2D eigenvalue weighted by Crippen LogP contribution is -2.46. The first-order valence-corrected chi connectivity index (χ1v) is 29.9. The minimum Gasteiger partial charge on any atom is -0.392 e. The van der Waals surface area contributed by atoms with E-state index in [4.69, 9.17) is 113 Å². The summed E-state index contributed by atoms with van der Waals surface area (Å²) in [6, 6.07) is 8.38. The van der Waals surface area contributed by atoms with Gasteiger partial charge in [0.2, 0.25) is 5.91 Å². The van der Waals surface area contributed by atoms with Gasteiger partial charge in [-0.3, -0.25) is 27.6 Å². The second kappa shape index (κ2) is 32.9. The number of terminal acetylenes is 6. The molecule has 0 saturated carbocycles. The monoisotopic (exact) mass is 1480 g/mol. The molecule has 0 bridgehead atoms. The lowest BCUT2D eigenvalue weighted by molar-refractivity contribution is -0.211. The Hall–Kier alpha value is -11.1. The molecule has 5 aromatic rings. The van der Waals surface area contributed by atoms with Crippen LogP contribution >= 0.6 is 11.6 Å². The van der Waals surface area contributed by atoms with E-state index in [1.54, 1.807) is 0 Å². The second-order valence-electron chi connectivity index (χ2n) is 22.7. The van der Waals surface area contributed by atoms with Crippen molar-refractivity contribution < 1.29 is 92.7 Å². The predicted octanol–water partition coefficient (Wildman–Crippen LogP) is -7.56. The summed E-state index contributed by atoms with van der Waals surface area (Å²) in [5, 5.41) is 106. The molecule has 5 aromatic heterocycles. The topological polar surface area (TPSA) is 620 Å². The molecule has 0 unspecified atom stereocenters. The first-order valence-electron chi connectivity index (χ1n) is 29.4. The predicted molar refractivity (Wildman–Crippen MR) is 351 cm³/mol. The zero-order valence-corrected chi connectivity index (χ0v) is 54.2. The Morgan fingerprint density at radius 3 is 1.08 bits per heavy atom. The number of hydrogen-bond donors (Lipinski definition) is 16. The minimum absolute atomic E-state index is 0.0173. The van der Waals surface area contributed by atoms with Gasteiger partial charge in [0.15, 0.2) is 52.9 Å². The van der Waals surface area contributed by atoms with E-state index in [1.807, 2.05) is 12.0 Å². The molecule has 5 fully saturated rings. The number of alkyl halides is 3. The van der Waals surface area contributed by atoms with Crippen molar-refractivity contribution in [3.8, 4) is 80.1 Å². The molecule has 0 spiro atoms. The average Bonchev–Trinajstić information content (AvgIpc) is 1.63. The van der Waals surface area contributed by atoms with E-state index in [1.165, 1.54) is 60.7 Å². The average molecular weight is 1480 g/mol. The number of carbonyl (C=O) groups is 1. The van der Waals surface area contributed by atoms with Gasteiger partial charge < -0.3 is 109 Å². The second-order valence-corrected chi connectivity index (χ2v) is 22.9. The molecule has 5 aliphatic rings. The Kier molecular flexibility index (Phi) is 25.9. The SMILES string of the molecule is C#C[C@@H]1[C@H](n2ccc(N)nc2=O)O[C@](C#C)(CO)[C@H]1O.C#C[C@]1(CO)O[C@@H](n2ccc(N)nc2=O)[C@@H](C#N)[C@@H]1O.C#C[C@]1(CO)O[C@@H](n2ccc(N)nc2=O)[C@@H](C(F)(F)F)[C@@H]1O.C#C[C@]1(CO)O[C@@H](n2ccc(N)nc2=O)[C@@H](C(N)=O)[C@@H]1O.C#C[C@]1(CO)O[C@@H](n2ccc(N)nc2=O)[C@@H](C=CCl)[C@@H]1O. The molecule has 5 saturated heterocycles. The van der Waals surface area contributed by atoms with Crippen molar-refractivity contribution in [2.45, 2.75) is 95.8 Å². The van der Waals surface area contributed by atoms with Gasteiger partial charge in [-0.15, -0.1) is 38.5 Å². The molecule has 5 aliphatic heterocycles. The fourth-order valence-corrected chi connectivity index (χ4v) is 11.2. The van der Waals surface area contributed by atoms with E-state index >= 15 is 0 Å². The van der Waals surface area contributed by atoms with Crippen LogP contribution in [0, 0.1) is 115 Å². The summed E-state index contributed by atoms with van der Waals surface area (Å²) in [6.45, 7) is -3.72. The molecular formula is C62H65ClF3N17O21. The van der Waals surface area contributed by atoms with E-state index < -0.39 is 193 Å². The molecule has 0 radical (unpaired) electrons. The van der Waals surface area contributed by atoms with Crippen molar-refractivity contribution >= 4 is 46.6 Å². The van der Waals surface area contributed by atoms with Crippen LogP contribution in [0.25, 0.3) is 0 Å². The highest BCUT2D eigenvalue weighted by molar-refractivity contribution is 6.25. The third-order valence-electron chi connectivity index (χ3n) is 16.7. The number of nitrogen functional groups attached to an aromatic ring is 5. The van der Waals surface area contributed by atoms with Gasteiger partial charge in [0.25, 0.3) is 0 Å². The first kappa shape index (κ1) is 81.9. The maximum absolute atomic E-state index is 13.2. The molecule has 10 heterocycles. The Bertz CT molecular complexity index is 4530. The molecule has 0 aromatic carbocycles. The van der Waals surface area contributed by atoms with E-state index in [-0.39, 0.29) is 29.1 Å². The number of halogens is 4. The van der Waals surface area contributed by atoms with Gasteiger partial charge in [0.05, 0.1) is 50.9 Å². The molecule has 20 atom stereocenters. The maximum Gasteiger partial charge on any atom is 0.398 e. The molecule has 10 rings (SSSR count). The number of nitriles is 1. The number of aromatic nitrogens is 10. The van der Waals surface area contributed by atoms with Crippen LogP contribution in [0.3, 0.4) is 0 Å². The van der Waals surface area contributed by atoms with E-state index in [2.05, 4.69) is 54.5 Å². The smallest absolute Gasteiger partial charge is 0.392 e. The maximum atomic E-state index is 13.2. The standard InChI is InChI=1S/C13H14ClN3O4.C13H13N3O4.C12H12F3N3O4.C12H14N4O5.C12H12N4O4/c1-2-13(7-18)10(19)8(3-5-14)11(21-13)17-6-4-9(15)16-12(17)20;1-3-8-10(18)13(4-2,7-17)20-11(8)16-6-5-9(14)15-12(16)19;1-2-11(5-19)8(20)7(12(13,14)15)9(22-11)18-4-3-6(16)17-10(18)21;1-2-12(5-17)8(18)7(9(14)19)10(21-12)16-4-3-6(13)15-11(16)20;1-2-12(6-17)9(18)7(5-13)10(20-12)16-4-3-8(14)15-11(16)19/h1,3-6,8,10-11,18-19H,7H2,(H2,15,16,20);1-2,5-6,8,10-11,17-18H,7H2,(H2,14,15,19);1,3-4,7-9,19-20H,5H2,(H2,16,17,21);1,3-4,7-8,10,17-18H,5H2,(H2,14,19)(H2,13,15,20);1,3-4,7,9-10,17-18H,6H2,(H2,14,15,19)/t2*8-,10-,11+,13+;7-,8-,9+,11+;7-,8+,10-,12-;7-,9-,10+,12+/m00010/s1. The highest BCUT2D eigenvalue weighted by Gasteiger charge is 2.65. The van der Waals surface area contributed by atoms with E-state index in [9.17, 15) is 93.0 Å². The quantitative estimate of drug-likeness (QED) is 0.0516. The van der Waals surface area contributed by atoms with Crippen LogP contribution in [0.15, 0.2) is 96.9 Å². The molecule has 42 heteroatoms. The van der Waals surface area contributed by atoms with Crippen molar-refractivity contribution in [3.05, 3.63) is 125 Å². The van der Waals surface area contributed by atoms with Crippen LogP contribution in [-0.2, 0) is 28.5 Å². The summed E-state index contributed by atoms with van der Waals surface area (Å²) >= 11 is 5.56. The summed E-state index contributed by atoms with van der Waals surface area (Å²) < 4.78 is 71.2. The van der Waals surface area contributed by atoms with Gasteiger partial charge in [-0.05, 0) is 30.3 Å². The Morgan fingerprint density at radius 1 is 0.490 bits per heavy atom. The number of carbonyl (C=O) groups excluding carboxylic acids is 1. The van der Waals surface area contributed by atoms with Crippen molar-refractivity contribution in [3.63, 3.8) is 0 Å². The first-order chi connectivity index (χ1) is 49.0. The number of ether oxygens (including phenoxy) is 5. The van der Waals surface area contributed by atoms with E-state index in [0.29, 0.717) is 4.57 Å². The molecular weight excluding hydrogens is 1410 g/mol. The summed E-state index contributed by atoms with van der Waals surface area (Å²) in [5.41, 5.74) is 20.2. The summed E-state index contributed by atoms with van der Waals surface area (Å²) in [6.07, 6.45) is 20.1. The molecule has 552 valence electrons. The summed E-state index contributed by atoms with van der Waals surface area (Å²) in [4.78, 5) is 88.1. The largest absolute Gasteiger partial charge is 0.398 e. The number of aliphatic hydroxyl groups is 10. The fourth-order valence-electron chi connectivity index (χ4n) is 11.0. The molecule has 38 nitrogen and oxygen atoms in total. The van der Waals surface area contributed by atoms with Gasteiger partial charge in [0, 0.05) is 36.5 Å². The number of aliphatic hydroxyl groups excluding tert-OH is 10. The van der Waals surface area contributed by atoms with Gasteiger partial charge in [0.1, 0.15) is 83.6 Å². The summed E-state index contributed by atoms with van der Waals surface area (Å²) in [7, 11) is 0. The lowest BCUT2D eigenvalue weighted by atomic mass is 9.90. The van der Waals surface area contributed by atoms with Gasteiger partial charge in [-0.1, -0.05) is 53.2 Å². The molecule has 104 heavy (non-hydrogen) atoms. The third kappa shape index (κ3) is 15.8. The van der Waals surface area contributed by atoms with Crippen LogP contribution in [0.1, 0.15) is 31.1 Å². The van der Waals surface area contributed by atoms with Crippen molar-refractivity contribution in [1.29, 1.82) is 5.26 Å². The molecule has 1 amide bonds.